The van der Waals surface area contributed by atoms with E-state index in [4.69, 9.17) is 25.8 Å². The second kappa shape index (κ2) is 13.4. The van der Waals surface area contributed by atoms with E-state index in [1.165, 1.54) is 5.19 Å². The summed E-state index contributed by atoms with van der Waals surface area (Å²) in [5, 5.41) is 14.9. The molecule has 10 heteroatoms. The topological polar surface area (TPSA) is 97.3 Å². The van der Waals surface area contributed by atoms with Crippen molar-refractivity contribution in [1.82, 2.24) is 0 Å². The molecule has 4 aromatic rings. The molecule has 0 bridgehead atoms. The number of ether oxygens (including phenoxy) is 3. The van der Waals surface area contributed by atoms with Crippen molar-refractivity contribution in [2.24, 2.45) is 5.92 Å². The first kappa shape index (κ1) is 33.7. The molecule has 48 heavy (non-hydrogen) atoms. The van der Waals surface area contributed by atoms with Gasteiger partial charge >= 0.3 is 0 Å². The summed E-state index contributed by atoms with van der Waals surface area (Å²) in [7, 11) is 0.935. The smallest absolute Gasteiger partial charge is 0.264 e. The zero-order valence-corrected chi connectivity index (χ0v) is 29.6. The molecule has 1 saturated heterocycles. The first-order valence-corrected chi connectivity index (χ1v) is 19.6. The summed E-state index contributed by atoms with van der Waals surface area (Å²) in [5.74, 6) is 0.859. The molecule has 2 heterocycles. The molecule has 0 aromatic heterocycles. The number of anilines is 2. The Hall–Kier alpha value is -4.15. The van der Waals surface area contributed by atoms with E-state index in [1.54, 1.807) is 49.5 Å². The fraction of sp³-hybridized carbons (Fsp3) is 0.316. The fourth-order valence-electron chi connectivity index (χ4n) is 7.72. The van der Waals surface area contributed by atoms with Crippen molar-refractivity contribution < 1.29 is 28.9 Å². The highest BCUT2D eigenvalue weighted by molar-refractivity contribution is 6.91. The number of aliphatic hydroxyl groups is 1. The van der Waals surface area contributed by atoms with Crippen LogP contribution in [0.1, 0.15) is 34.8 Å². The van der Waals surface area contributed by atoms with Crippen molar-refractivity contribution in [1.29, 1.82) is 0 Å². The number of carbonyl (C=O) groups is 2. The van der Waals surface area contributed by atoms with Crippen molar-refractivity contribution in [3.8, 4) is 11.5 Å². The highest BCUT2D eigenvalue weighted by Crippen LogP contribution is 2.60. The molecule has 4 atom stereocenters. The largest absolute Gasteiger partial charge is 0.497 e. The lowest BCUT2D eigenvalue weighted by Gasteiger charge is -2.37. The molecule has 6 rings (SSSR count). The Bertz CT molecular complexity index is 1820. The maximum absolute atomic E-state index is 14.9. The van der Waals surface area contributed by atoms with Crippen LogP contribution in [0.15, 0.2) is 91.0 Å². The average Bonchev–Trinajstić information content (AvgIpc) is 3.51. The van der Waals surface area contributed by atoms with Gasteiger partial charge in [-0.3, -0.25) is 9.59 Å². The van der Waals surface area contributed by atoms with Crippen molar-refractivity contribution in [3.05, 3.63) is 113 Å². The van der Waals surface area contributed by atoms with E-state index in [0.29, 0.717) is 28.4 Å². The first-order chi connectivity index (χ1) is 23.0. The van der Waals surface area contributed by atoms with Gasteiger partial charge < -0.3 is 29.5 Å². The first-order valence-electron chi connectivity index (χ1n) is 16.1. The summed E-state index contributed by atoms with van der Waals surface area (Å²) in [6.45, 7) is 6.95. The molecule has 1 fully saturated rings. The maximum atomic E-state index is 14.9. The van der Waals surface area contributed by atoms with Crippen LogP contribution in [0.2, 0.25) is 23.7 Å². The third-order valence-electron chi connectivity index (χ3n) is 10.1. The Morgan fingerprint density at radius 2 is 1.65 bits per heavy atom. The maximum Gasteiger partial charge on any atom is 0.264 e. The summed E-state index contributed by atoms with van der Waals surface area (Å²) in [6.07, 6.45) is 0.0867. The van der Waals surface area contributed by atoms with Crippen molar-refractivity contribution in [3.63, 3.8) is 0 Å². The highest BCUT2D eigenvalue weighted by atomic mass is 35.5. The zero-order chi connectivity index (χ0) is 34.2. The number of benzene rings is 4. The number of aliphatic hydroxyl groups excluding tert-OH is 1. The van der Waals surface area contributed by atoms with Gasteiger partial charge in [0.15, 0.2) is 5.60 Å². The van der Waals surface area contributed by atoms with E-state index in [9.17, 15) is 14.7 Å². The number of amides is 2. The molecule has 4 aromatic carbocycles. The molecule has 2 aliphatic heterocycles. The van der Waals surface area contributed by atoms with Crippen molar-refractivity contribution >= 4 is 48.1 Å². The van der Waals surface area contributed by atoms with Gasteiger partial charge in [-0.25, -0.2) is 0 Å². The van der Waals surface area contributed by atoms with Crippen LogP contribution in [-0.2, 0) is 21.7 Å². The average molecular weight is 685 g/mol. The van der Waals surface area contributed by atoms with E-state index in [-0.39, 0.29) is 42.5 Å². The zero-order valence-electron chi connectivity index (χ0n) is 27.8. The fourth-order valence-corrected chi connectivity index (χ4v) is 11.9. The molecule has 0 unspecified atom stereocenters. The van der Waals surface area contributed by atoms with Crippen LogP contribution in [0, 0.1) is 5.92 Å². The Kier molecular flexibility index (Phi) is 9.41. The predicted molar refractivity (Wildman–Crippen MR) is 191 cm³/mol. The SMILES string of the molecule is COc1ccc(C(=O)Nc2cccc(CN3C(=O)[C@@]4(O[C@@H](CCO)[C@H]([Si](C)(C)c5ccc(OC)cc5)[C@H]4C)c4cc(Cl)ccc43)c2)cc1. The molecule has 1 spiro atoms. The molecule has 2 amide bonds. The van der Waals surface area contributed by atoms with Gasteiger partial charge in [0, 0.05) is 34.4 Å². The highest BCUT2D eigenvalue weighted by Gasteiger charge is 2.66. The number of halogens is 1. The number of rotatable bonds is 10. The van der Waals surface area contributed by atoms with Crippen molar-refractivity contribution in [2.45, 2.75) is 50.2 Å². The molecule has 0 radical (unpaired) electrons. The van der Waals surface area contributed by atoms with Gasteiger partial charge in [-0.1, -0.05) is 61.1 Å². The predicted octanol–water partition coefficient (Wildman–Crippen LogP) is 6.75. The Morgan fingerprint density at radius 3 is 2.29 bits per heavy atom. The van der Waals surface area contributed by atoms with Crippen LogP contribution in [0.4, 0.5) is 11.4 Å². The molecule has 2 N–H and O–H groups in total. The lowest BCUT2D eigenvalue weighted by molar-refractivity contribution is -0.146. The molecule has 8 nitrogen and oxygen atoms in total. The van der Waals surface area contributed by atoms with Gasteiger partial charge in [0.2, 0.25) is 0 Å². The quantitative estimate of drug-likeness (QED) is 0.179. The van der Waals surface area contributed by atoms with Crippen LogP contribution in [0.3, 0.4) is 0 Å². The summed E-state index contributed by atoms with van der Waals surface area (Å²) in [5.41, 5.74) is 2.22. The van der Waals surface area contributed by atoms with Gasteiger partial charge in [0.1, 0.15) is 11.5 Å². The summed E-state index contributed by atoms with van der Waals surface area (Å²) in [6, 6.07) is 28.1. The van der Waals surface area contributed by atoms with Gasteiger partial charge in [-0.15, -0.1) is 0 Å². The number of nitrogens with zero attached hydrogens (tertiary/aromatic N) is 1. The van der Waals surface area contributed by atoms with E-state index in [1.807, 2.05) is 48.5 Å². The van der Waals surface area contributed by atoms with Gasteiger partial charge in [0.25, 0.3) is 11.8 Å². The second-order valence-electron chi connectivity index (χ2n) is 13.1. The minimum absolute atomic E-state index is 0.0188. The minimum Gasteiger partial charge on any atom is -0.497 e. The minimum atomic E-state index is -2.30. The van der Waals surface area contributed by atoms with Crippen molar-refractivity contribution in [2.75, 3.05) is 31.0 Å². The molecule has 2 aliphatic rings. The standard InChI is InChI=1S/C38H41ClN2O6Si/c1-24-35(48(4,5)31-16-14-30(46-3)15-17-31)34(19-20-42)47-38(24)32-22-27(39)11-18-33(32)41(37(38)44)23-25-7-6-8-28(21-25)40-36(43)26-9-12-29(45-2)13-10-26/h6-18,21-22,24,34-35,42H,19-20,23H2,1-5H3,(H,40,43)/t24-,34+,35-,38+/m1/s1. The number of nitrogens with one attached hydrogen (secondary N) is 1. The number of fused-ring (bicyclic) bond motifs is 2. The number of carbonyl (C=O) groups excluding carboxylic acids is 2. The van der Waals surface area contributed by atoms with Crippen LogP contribution in [0.5, 0.6) is 11.5 Å². The third kappa shape index (κ3) is 5.89. The second-order valence-corrected chi connectivity index (χ2v) is 18.2. The molecule has 0 saturated carbocycles. The van der Waals surface area contributed by atoms with Gasteiger partial charge in [-0.05, 0) is 84.3 Å². The van der Waals surface area contributed by atoms with Gasteiger partial charge in [0.05, 0.1) is 40.6 Å². The molecular weight excluding hydrogens is 644 g/mol. The van der Waals surface area contributed by atoms with E-state index in [0.717, 1.165) is 22.6 Å². The lowest BCUT2D eigenvalue weighted by atomic mass is 9.82. The van der Waals surface area contributed by atoms with Crippen LogP contribution in [-0.4, -0.2) is 51.9 Å². The summed E-state index contributed by atoms with van der Waals surface area (Å²) < 4.78 is 17.6. The molecular formula is C38H41ClN2O6Si. The van der Waals surface area contributed by atoms with Crippen LogP contribution < -0.4 is 24.9 Å². The monoisotopic (exact) mass is 684 g/mol. The lowest BCUT2D eigenvalue weighted by Crippen LogP contribution is -2.51. The normalized spacial score (nSPS) is 21.8. The Labute approximate surface area is 287 Å². The molecule has 0 aliphatic carbocycles. The third-order valence-corrected chi connectivity index (χ3v) is 14.7. The van der Waals surface area contributed by atoms with E-state index < -0.39 is 13.7 Å². The summed E-state index contributed by atoms with van der Waals surface area (Å²) in [4.78, 5) is 29.6. The Balaban J connectivity index is 1.32. The summed E-state index contributed by atoms with van der Waals surface area (Å²) >= 11 is 6.60. The Morgan fingerprint density at radius 1 is 0.979 bits per heavy atom. The van der Waals surface area contributed by atoms with E-state index in [2.05, 4.69) is 37.5 Å². The van der Waals surface area contributed by atoms with Gasteiger partial charge in [-0.2, -0.15) is 0 Å². The molecule has 250 valence electrons. The number of hydrogen-bond acceptors (Lipinski definition) is 6. The van der Waals surface area contributed by atoms with Crippen LogP contribution >= 0.6 is 11.6 Å². The number of methoxy groups -OCH3 is 2. The van der Waals surface area contributed by atoms with E-state index >= 15 is 0 Å². The number of hydrogen-bond donors (Lipinski definition) is 2. The van der Waals surface area contributed by atoms with Crippen LogP contribution in [0.25, 0.3) is 0 Å².